The third-order valence-electron chi connectivity index (χ3n) is 4.19. The summed E-state index contributed by atoms with van der Waals surface area (Å²) in [5.41, 5.74) is 0.839. The Labute approximate surface area is 140 Å². The van der Waals surface area contributed by atoms with Crippen molar-refractivity contribution < 1.29 is 4.74 Å². The summed E-state index contributed by atoms with van der Waals surface area (Å²) in [4.78, 5) is 22.0. The molecule has 2 aromatic heterocycles. The molecular formula is C16H22N6O2. The number of aryl methyl sites for hydroxylation is 1. The third-order valence-corrected chi connectivity index (χ3v) is 4.19. The van der Waals surface area contributed by atoms with E-state index in [-0.39, 0.29) is 5.56 Å². The molecule has 0 bridgehead atoms. The van der Waals surface area contributed by atoms with E-state index in [0.717, 1.165) is 44.0 Å². The van der Waals surface area contributed by atoms with Crippen LogP contribution < -0.4 is 15.6 Å². The quantitative estimate of drug-likeness (QED) is 0.862. The highest BCUT2D eigenvalue weighted by atomic mass is 16.5. The molecular weight excluding hydrogens is 308 g/mol. The first-order valence-corrected chi connectivity index (χ1v) is 8.02. The highest BCUT2D eigenvalue weighted by Crippen LogP contribution is 2.18. The van der Waals surface area contributed by atoms with Crippen molar-refractivity contribution in [2.24, 2.45) is 7.05 Å². The molecule has 128 valence electrons. The van der Waals surface area contributed by atoms with Crippen LogP contribution >= 0.6 is 0 Å². The van der Waals surface area contributed by atoms with E-state index in [9.17, 15) is 4.79 Å². The van der Waals surface area contributed by atoms with Crippen molar-refractivity contribution in [1.29, 1.82) is 0 Å². The fraction of sp³-hybridized carbons (Fsp3) is 0.500. The lowest BCUT2D eigenvalue weighted by molar-refractivity contribution is 0.207. The highest BCUT2D eigenvalue weighted by Gasteiger charge is 2.20. The van der Waals surface area contributed by atoms with Gasteiger partial charge in [-0.1, -0.05) is 0 Å². The molecule has 0 aliphatic carbocycles. The summed E-state index contributed by atoms with van der Waals surface area (Å²) < 4.78 is 6.50. The molecule has 1 aliphatic heterocycles. The molecule has 3 heterocycles. The van der Waals surface area contributed by atoms with Crippen molar-refractivity contribution in [3.63, 3.8) is 0 Å². The van der Waals surface area contributed by atoms with Gasteiger partial charge in [-0.05, 0) is 18.9 Å². The first-order chi connectivity index (χ1) is 11.6. The lowest BCUT2D eigenvalue weighted by Crippen LogP contribution is -2.39. The van der Waals surface area contributed by atoms with E-state index in [1.165, 1.54) is 11.0 Å². The molecule has 24 heavy (non-hydrogen) atoms. The van der Waals surface area contributed by atoms with Crippen LogP contribution in [-0.4, -0.2) is 50.9 Å². The number of methoxy groups -OCH3 is 1. The minimum Gasteiger partial charge on any atom is -0.481 e. The number of nitrogens with one attached hydrogen (secondary N) is 1. The standard InChI is InChI=1S/C16H22N6O2/c1-21-16(23)4-3-13(20-21)10-22-7-5-12(6-8-22)19-14-9-15(24-2)18-11-17-14/h3-4,9,11-12H,5-8,10H2,1-2H3,(H,17,18,19). The lowest BCUT2D eigenvalue weighted by Gasteiger charge is -2.32. The second-order valence-electron chi connectivity index (χ2n) is 5.93. The fourth-order valence-electron chi connectivity index (χ4n) is 2.84. The van der Waals surface area contributed by atoms with Crippen LogP contribution in [0.4, 0.5) is 5.82 Å². The van der Waals surface area contributed by atoms with Gasteiger partial charge in [-0.2, -0.15) is 5.10 Å². The molecule has 1 N–H and O–H groups in total. The molecule has 2 aromatic rings. The number of ether oxygens (including phenoxy) is 1. The highest BCUT2D eigenvalue weighted by molar-refractivity contribution is 5.38. The normalized spacial score (nSPS) is 16.1. The number of nitrogens with zero attached hydrogens (tertiary/aromatic N) is 5. The maximum absolute atomic E-state index is 11.4. The molecule has 0 radical (unpaired) electrons. The molecule has 8 heteroatoms. The Bertz CT molecular complexity index is 739. The number of hydrogen-bond donors (Lipinski definition) is 1. The number of aromatic nitrogens is 4. The van der Waals surface area contributed by atoms with Crippen molar-refractivity contribution >= 4 is 5.82 Å². The van der Waals surface area contributed by atoms with Crippen molar-refractivity contribution in [1.82, 2.24) is 24.6 Å². The summed E-state index contributed by atoms with van der Waals surface area (Å²) in [6, 6.07) is 5.56. The summed E-state index contributed by atoms with van der Waals surface area (Å²) in [6.45, 7) is 2.72. The van der Waals surface area contributed by atoms with Gasteiger partial charge in [-0.25, -0.2) is 14.6 Å². The number of rotatable bonds is 5. The molecule has 0 amide bonds. The molecule has 1 saturated heterocycles. The van der Waals surface area contributed by atoms with Gasteiger partial charge < -0.3 is 10.1 Å². The minimum atomic E-state index is -0.0815. The van der Waals surface area contributed by atoms with Crippen LogP contribution in [0.2, 0.25) is 0 Å². The monoisotopic (exact) mass is 330 g/mol. The maximum Gasteiger partial charge on any atom is 0.266 e. The number of anilines is 1. The molecule has 1 fully saturated rings. The van der Waals surface area contributed by atoms with Gasteiger partial charge in [0.1, 0.15) is 12.1 Å². The van der Waals surface area contributed by atoms with Crippen LogP contribution in [-0.2, 0) is 13.6 Å². The van der Waals surface area contributed by atoms with Crippen molar-refractivity contribution in [2.75, 3.05) is 25.5 Å². The topological polar surface area (TPSA) is 85.2 Å². The number of piperidine rings is 1. The van der Waals surface area contributed by atoms with Gasteiger partial charge in [-0.15, -0.1) is 0 Å². The number of hydrogen-bond acceptors (Lipinski definition) is 7. The molecule has 0 unspecified atom stereocenters. The van der Waals surface area contributed by atoms with Crippen molar-refractivity contribution in [3.8, 4) is 5.88 Å². The summed E-state index contributed by atoms with van der Waals surface area (Å²) >= 11 is 0. The van der Waals surface area contributed by atoms with Gasteiger partial charge in [0.25, 0.3) is 5.56 Å². The van der Waals surface area contributed by atoms with E-state index >= 15 is 0 Å². The Morgan fingerprint density at radius 2 is 2.08 bits per heavy atom. The van der Waals surface area contributed by atoms with E-state index in [2.05, 4.69) is 25.3 Å². The van der Waals surface area contributed by atoms with Gasteiger partial charge in [0.15, 0.2) is 0 Å². The van der Waals surface area contributed by atoms with E-state index in [1.807, 2.05) is 0 Å². The van der Waals surface area contributed by atoms with Gasteiger partial charge >= 0.3 is 0 Å². The largest absolute Gasteiger partial charge is 0.481 e. The summed E-state index contributed by atoms with van der Waals surface area (Å²) in [5, 5.41) is 7.73. The average molecular weight is 330 g/mol. The molecule has 0 spiro atoms. The first kappa shape index (κ1) is 16.4. The van der Waals surface area contributed by atoms with Gasteiger partial charge in [-0.3, -0.25) is 9.69 Å². The van der Waals surface area contributed by atoms with Gasteiger partial charge in [0, 0.05) is 44.9 Å². The SMILES string of the molecule is COc1cc(NC2CCN(Cc3ccc(=O)n(C)n3)CC2)ncn1. The Balaban J connectivity index is 1.51. The molecule has 0 aromatic carbocycles. The molecule has 1 aliphatic rings. The Morgan fingerprint density at radius 1 is 1.29 bits per heavy atom. The van der Waals surface area contributed by atoms with Crippen LogP contribution in [0.25, 0.3) is 0 Å². The predicted octanol–water partition coefficient (Wildman–Crippen LogP) is 0.655. The molecule has 0 atom stereocenters. The van der Waals surface area contributed by atoms with Gasteiger partial charge in [0.2, 0.25) is 5.88 Å². The Hall–Kier alpha value is -2.48. The maximum atomic E-state index is 11.4. The molecule has 0 saturated carbocycles. The van der Waals surface area contributed by atoms with E-state index in [1.54, 1.807) is 32.4 Å². The van der Waals surface area contributed by atoms with E-state index in [4.69, 9.17) is 4.74 Å². The minimum absolute atomic E-state index is 0.0815. The second kappa shape index (κ2) is 7.39. The van der Waals surface area contributed by atoms with Crippen LogP contribution in [0.1, 0.15) is 18.5 Å². The fourth-order valence-corrected chi connectivity index (χ4v) is 2.84. The predicted molar refractivity (Wildman–Crippen MR) is 90.0 cm³/mol. The second-order valence-corrected chi connectivity index (χ2v) is 5.93. The van der Waals surface area contributed by atoms with Crippen molar-refractivity contribution in [3.05, 3.63) is 40.6 Å². The first-order valence-electron chi connectivity index (χ1n) is 8.02. The van der Waals surface area contributed by atoms with Crippen molar-refractivity contribution in [2.45, 2.75) is 25.4 Å². The van der Waals surface area contributed by atoms with E-state index < -0.39 is 0 Å². The summed E-state index contributed by atoms with van der Waals surface area (Å²) in [6.07, 6.45) is 3.55. The zero-order valence-corrected chi connectivity index (χ0v) is 14.0. The van der Waals surface area contributed by atoms with Crippen LogP contribution in [0, 0.1) is 0 Å². The molecule has 8 nitrogen and oxygen atoms in total. The van der Waals surface area contributed by atoms with E-state index in [0.29, 0.717) is 11.9 Å². The Morgan fingerprint density at radius 3 is 2.79 bits per heavy atom. The third kappa shape index (κ3) is 4.08. The Kier molecular flexibility index (Phi) is 5.05. The van der Waals surface area contributed by atoms with Gasteiger partial charge in [0.05, 0.1) is 12.8 Å². The smallest absolute Gasteiger partial charge is 0.266 e. The molecule has 3 rings (SSSR count). The van der Waals surface area contributed by atoms with Crippen LogP contribution in [0.3, 0.4) is 0 Å². The summed E-state index contributed by atoms with van der Waals surface area (Å²) in [5.74, 6) is 1.35. The summed E-state index contributed by atoms with van der Waals surface area (Å²) in [7, 11) is 3.27. The lowest BCUT2D eigenvalue weighted by atomic mass is 10.0. The van der Waals surface area contributed by atoms with Crippen LogP contribution in [0.15, 0.2) is 29.3 Å². The zero-order valence-electron chi connectivity index (χ0n) is 14.0. The zero-order chi connectivity index (χ0) is 16.9. The van der Waals surface area contributed by atoms with Crippen LogP contribution in [0.5, 0.6) is 5.88 Å². The average Bonchev–Trinajstić information content (AvgIpc) is 2.60. The number of likely N-dealkylation sites (tertiary alicyclic amines) is 1.